The number of rotatable bonds is 5. The van der Waals surface area contributed by atoms with E-state index in [1.807, 2.05) is 38.1 Å². The number of hydrogen-bond acceptors (Lipinski definition) is 3. The van der Waals surface area contributed by atoms with Crippen molar-refractivity contribution < 1.29 is 14.7 Å². The van der Waals surface area contributed by atoms with Crippen LogP contribution in [0.2, 0.25) is 5.02 Å². The summed E-state index contributed by atoms with van der Waals surface area (Å²) in [5.41, 5.74) is 0.966. The minimum absolute atomic E-state index is 0.148. The van der Waals surface area contributed by atoms with Crippen molar-refractivity contribution in [3.63, 3.8) is 0 Å². The van der Waals surface area contributed by atoms with E-state index in [1.54, 1.807) is 4.90 Å². The highest BCUT2D eigenvalue weighted by atomic mass is 35.5. The molecule has 24 heavy (non-hydrogen) atoms. The summed E-state index contributed by atoms with van der Waals surface area (Å²) >= 11 is 6.22. The molecule has 0 aromatic heterocycles. The average molecular weight is 354 g/mol. The first kappa shape index (κ1) is 18.4. The van der Waals surface area contributed by atoms with E-state index in [9.17, 15) is 9.59 Å². The summed E-state index contributed by atoms with van der Waals surface area (Å²) in [5, 5.41) is 12.0. The maximum absolute atomic E-state index is 12.6. The average Bonchev–Trinajstić information content (AvgIpc) is 2.53. The molecule has 0 bridgehead atoms. The first-order chi connectivity index (χ1) is 11.4. The fourth-order valence-electron chi connectivity index (χ4n) is 2.94. The minimum atomic E-state index is -1.16. The minimum Gasteiger partial charge on any atom is -0.465 e. The lowest BCUT2D eigenvalue weighted by Gasteiger charge is -2.38. The Hall–Kier alpha value is -1.95. The van der Waals surface area contributed by atoms with Crippen LogP contribution in [0.5, 0.6) is 0 Å². The molecule has 0 saturated carbocycles. The number of hydrogen-bond donors (Lipinski definition) is 2. The maximum Gasteiger partial charge on any atom is 0.405 e. The van der Waals surface area contributed by atoms with Crippen LogP contribution in [-0.2, 0) is 4.79 Å². The monoisotopic (exact) mass is 353 g/mol. The van der Waals surface area contributed by atoms with Gasteiger partial charge in [0, 0.05) is 26.2 Å². The van der Waals surface area contributed by atoms with Crippen LogP contribution in [0.25, 0.3) is 0 Å². The van der Waals surface area contributed by atoms with Gasteiger partial charge < -0.3 is 20.2 Å². The Morgan fingerprint density at radius 2 is 1.83 bits per heavy atom. The number of piperazine rings is 1. The molecule has 1 aliphatic rings. The van der Waals surface area contributed by atoms with Crippen LogP contribution in [0.1, 0.15) is 20.3 Å². The highest BCUT2D eigenvalue weighted by Gasteiger charge is 2.29. The van der Waals surface area contributed by atoms with Crippen molar-refractivity contribution >= 4 is 29.3 Å². The van der Waals surface area contributed by atoms with Gasteiger partial charge in [0.15, 0.2) is 0 Å². The summed E-state index contributed by atoms with van der Waals surface area (Å²) in [6.07, 6.45) is -0.667. The molecule has 6 nitrogen and oxygen atoms in total. The first-order valence-electron chi connectivity index (χ1n) is 8.16. The number of nitrogens with one attached hydrogen (secondary N) is 1. The third kappa shape index (κ3) is 4.77. The second-order valence-electron chi connectivity index (χ2n) is 6.40. The smallest absolute Gasteiger partial charge is 0.405 e. The van der Waals surface area contributed by atoms with Gasteiger partial charge in [-0.15, -0.1) is 0 Å². The highest BCUT2D eigenvalue weighted by molar-refractivity contribution is 6.33. The molecule has 0 aliphatic carbocycles. The zero-order chi connectivity index (χ0) is 17.7. The molecule has 132 valence electrons. The zero-order valence-electron chi connectivity index (χ0n) is 14.0. The molecular formula is C17H24ClN3O3. The molecule has 1 saturated heterocycles. The number of amides is 2. The summed E-state index contributed by atoms with van der Waals surface area (Å²) in [7, 11) is 0. The Labute approximate surface area is 147 Å². The second kappa shape index (κ2) is 8.24. The predicted molar refractivity (Wildman–Crippen MR) is 94.6 cm³/mol. The van der Waals surface area contributed by atoms with E-state index in [1.165, 1.54) is 0 Å². The summed E-state index contributed by atoms with van der Waals surface area (Å²) < 4.78 is 0. The fourth-order valence-corrected chi connectivity index (χ4v) is 3.19. The molecule has 1 heterocycles. The Morgan fingerprint density at radius 3 is 2.38 bits per heavy atom. The van der Waals surface area contributed by atoms with E-state index in [-0.39, 0.29) is 11.8 Å². The van der Waals surface area contributed by atoms with E-state index in [0.717, 1.165) is 5.69 Å². The lowest BCUT2D eigenvalue weighted by molar-refractivity contribution is -0.134. The maximum atomic E-state index is 12.6. The number of para-hydroxylation sites is 1. The number of benzene rings is 1. The van der Waals surface area contributed by atoms with Crippen LogP contribution in [0, 0.1) is 5.92 Å². The number of halogens is 1. The summed E-state index contributed by atoms with van der Waals surface area (Å²) in [4.78, 5) is 27.5. The van der Waals surface area contributed by atoms with E-state index in [0.29, 0.717) is 37.6 Å². The third-order valence-corrected chi connectivity index (χ3v) is 4.41. The summed E-state index contributed by atoms with van der Waals surface area (Å²) in [5.74, 6) is 0.0834. The Morgan fingerprint density at radius 1 is 1.21 bits per heavy atom. The molecule has 2 rings (SSSR count). The molecule has 2 amide bonds. The van der Waals surface area contributed by atoms with Gasteiger partial charge in [0.05, 0.1) is 10.7 Å². The summed E-state index contributed by atoms with van der Waals surface area (Å²) in [6, 6.07) is 6.96. The highest BCUT2D eigenvalue weighted by Crippen LogP contribution is 2.26. The van der Waals surface area contributed by atoms with Gasteiger partial charge >= 0.3 is 6.09 Å². The lowest BCUT2D eigenvalue weighted by atomic mass is 10.0. The number of carbonyl (C=O) groups excluding carboxylic acids is 1. The number of carboxylic acid groups (broad SMARTS) is 1. The fraction of sp³-hybridized carbons (Fsp3) is 0.529. The molecule has 1 aromatic rings. The molecule has 2 N–H and O–H groups in total. The van der Waals surface area contributed by atoms with Crippen LogP contribution < -0.4 is 10.2 Å². The molecule has 1 unspecified atom stereocenters. The number of nitrogens with zero attached hydrogens (tertiary/aromatic N) is 2. The van der Waals surface area contributed by atoms with E-state index in [4.69, 9.17) is 16.7 Å². The van der Waals surface area contributed by atoms with Gasteiger partial charge in [-0.3, -0.25) is 4.79 Å². The number of carbonyl (C=O) groups is 2. The zero-order valence-corrected chi connectivity index (χ0v) is 14.8. The third-order valence-electron chi connectivity index (χ3n) is 4.09. The molecule has 1 aromatic carbocycles. The summed E-state index contributed by atoms with van der Waals surface area (Å²) in [6.45, 7) is 6.41. The van der Waals surface area contributed by atoms with Crippen LogP contribution in [0.15, 0.2) is 24.3 Å². The van der Waals surface area contributed by atoms with Crippen LogP contribution in [0.3, 0.4) is 0 Å². The van der Waals surface area contributed by atoms with Crippen LogP contribution >= 0.6 is 11.6 Å². The Balaban J connectivity index is 1.98. The first-order valence-corrected chi connectivity index (χ1v) is 8.54. The molecule has 0 spiro atoms. The van der Waals surface area contributed by atoms with Crippen molar-refractivity contribution in [2.75, 3.05) is 31.1 Å². The van der Waals surface area contributed by atoms with Crippen molar-refractivity contribution in [3.8, 4) is 0 Å². The van der Waals surface area contributed by atoms with E-state index >= 15 is 0 Å². The topological polar surface area (TPSA) is 72.9 Å². The van der Waals surface area contributed by atoms with Gasteiger partial charge in [0.25, 0.3) is 0 Å². The van der Waals surface area contributed by atoms with Gasteiger partial charge in [-0.2, -0.15) is 0 Å². The standard InChI is InChI=1S/C17H24ClN3O3/c1-12(2)11-14(19-17(23)24)16(22)21-9-7-20(8-10-21)15-6-4-3-5-13(15)18/h3-6,12,14,19H,7-11H2,1-2H3,(H,23,24). The molecule has 0 radical (unpaired) electrons. The van der Waals surface area contributed by atoms with Gasteiger partial charge in [0.2, 0.25) is 5.91 Å². The van der Waals surface area contributed by atoms with E-state index in [2.05, 4.69) is 10.2 Å². The van der Waals surface area contributed by atoms with Crippen molar-refractivity contribution in [1.29, 1.82) is 0 Å². The van der Waals surface area contributed by atoms with Crippen molar-refractivity contribution in [2.24, 2.45) is 5.92 Å². The Kier molecular flexibility index (Phi) is 6.31. The van der Waals surface area contributed by atoms with Gasteiger partial charge in [-0.1, -0.05) is 37.6 Å². The van der Waals surface area contributed by atoms with Gasteiger partial charge in [0.1, 0.15) is 6.04 Å². The largest absolute Gasteiger partial charge is 0.465 e. The molecule has 1 aliphatic heterocycles. The quantitative estimate of drug-likeness (QED) is 0.853. The van der Waals surface area contributed by atoms with Crippen LogP contribution in [0.4, 0.5) is 10.5 Å². The van der Waals surface area contributed by atoms with E-state index < -0.39 is 12.1 Å². The lowest BCUT2D eigenvalue weighted by Crippen LogP contribution is -2.55. The Bertz CT molecular complexity index is 586. The predicted octanol–water partition coefficient (Wildman–Crippen LogP) is 2.67. The second-order valence-corrected chi connectivity index (χ2v) is 6.80. The molecule has 7 heteroatoms. The van der Waals surface area contributed by atoms with Crippen LogP contribution in [-0.4, -0.2) is 54.2 Å². The van der Waals surface area contributed by atoms with Crippen molar-refractivity contribution in [3.05, 3.63) is 29.3 Å². The van der Waals surface area contributed by atoms with Crippen molar-refractivity contribution in [1.82, 2.24) is 10.2 Å². The molecule has 1 fully saturated rings. The molecule has 1 atom stereocenters. The van der Waals surface area contributed by atoms with Gasteiger partial charge in [-0.05, 0) is 24.5 Å². The van der Waals surface area contributed by atoms with Crippen molar-refractivity contribution in [2.45, 2.75) is 26.3 Å². The SMILES string of the molecule is CC(C)CC(NC(=O)O)C(=O)N1CCN(c2ccccc2Cl)CC1. The molecular weight excluding hydrogens is 330 g/mol. The normalized spacial score (nSPS) is 16.2. The number of anilines is 1. The van der Waals surface area contributed by atoms with Gasteiger partial charge in [-0.25, -0.2) is 4.79 Å².